The van der Waals surface area contributed by atoms with Crippen LogP contribution in [0.15, 0.2) is 24.3 Å². The van der Waals surface area contributed by atoms with E-state index in [2.05, 4.69) is 43.5 Å². The molecule has 0 bridgehead atoms. The molecule has 0 saturated carbocycles. The van der Waals surface area contributed by atoms with Gasteiger partial charge in [0.1, 0.15) is 24.4 Å². The topological polar surface area (TPSA) is 149 Å². The molecule has 1 saturated heterocycles. The number of hydrogen-bond acceptors (Lipinski definition) is 8. The van der Waals surface area contributed by atoms with E-state index in [1.54, 1.807) is 0 Å². The number of aliphatic hydroxyl groups is 5. The van der Waals surface area contributed by atoms with Crippen LogP contribution in [0, 0.1) is 0 Å². The fraction of sp³-hybridized carbons (Fsp3) is 0.936. The molecule has 1 aliphatic rings. The number of carbonyl (C=O) groups is 1. The van der Waals surface area contributed by atoms with Gasteiger partial charge in [0.05, 0.1) is 25.4 Å². The van der Waals surface area contributed by atoms with E-state index in [-0.39, 0.29) is 12.5 Å². The van der Waals surface area contributed by atoms with Crippen molar-refractivity contribution in [3.05, 3.63) is 24.3 Å². The molecule has 1 amide bonds. The van der Waals surface area contributed by atoms with E-state index >= 15 is 0 Å². The van der Waals surface area contributed by atoms with Crippen LogP contribution in [0.1, 0.15) is 412 Å². The smallest absolute Gasteiger partial charge is 0.220 e. The van der Waals surface area contributed by atoms with Crippen molar-refractivity contribution in [3.63, 3.8) is 0 Å². The van der Waals surface area contributed by atoms with Crippen LogP contribution in [0.25, 0.3) is 0 Å². The first-order valence-electron chi connectivity index (χ1n) is 39.0. The number of ether oxygens (including phenoxy) is 2. The summed E-state index contributed by atoms with van der Waals surface area (Å²) in [7, 11) is 0. The minimum atomic E-state index is -1.55. The average Bonchev–Trinajstić information content (AvgIpc) is 3.38. The van der Waals surface area contributed by atoms with Crippen LogP contribution in [0.3, 0.4) is 0 Å². The Labute approximate surface area is 540 Å². The number of amides is 1. The van der Waals surface area contributed by atoms with Gasteiger partial charge in [-0.3, -0.25) is 4.79 Å². The zero-order valence-electron chi connectivity index (χ0n) is 58.1. The number of hydrogen-bond donors (Lipinski definition) is 6. The van der Waals surface area contributed by atoms with E-state index in [0.717, 1.165) is 44.9 Å². The summed E-state index contributed by atoms with van der Waals surface area (Å²) in [6.45, 7) is 3.89. The first-order valence-corrected chi connectivity index (χ1v) is 39.0. The minimum Gasteiger partial charge on any atom is -0.394 e. The molecule has 1 heterocycles. The van der Waals surface area contributed by atoms with Gasteiger partial charge in [0.25, 0.3) is 0 Å². The fourth-order valence-electron chi connectivity index (χ4n) is 13.0. The van der Waals surface area contributed by atoms with Crippen LogP contribution in [-0.4, -0.2) is 87.5 Å². The molecule has 0 radical (unpaired) electrons. The lowest BCUT2D eigenvalue weighted by Gasteiger charge is -2.40. The van der Waals surface area contributed by atoms with Crippen LogP contribution < -0.4 is 5.32 Å². The van der Waals surface area contributed by atoms with Gasteiger partial charge in [0, 0.05) is 6.42 Å². The van der Waals surface area contributed by atoms with Gasteiger partial charge in [-0.25, -0.2) is 0 Å². The van der Waals surface area contributed by atoms with Gasteiger partial charge in [-0.05, 0) is 44.9 Å². The molecule has 1 rings (SSSR count). The summed E-state index contributed by atoms with van der Waals surface area (Å²) >= 11 is 0. The van der Waals surface area contributed by atoms with Crippen LogP contribution in [0.4, 0.5) is 0 Å². The molecule has 0 spiro atoms. The van der Waals surface area contributed by atoms with Crippen molar-refractivity contribution in [2.75, 3.05) is 13.2 Å². The summed E-state index contributed by atoms with van der Waals surface area (Å²) < 4.78 is 11.4. The maximum atomic E-state index is 13.2. The molecule has 516 valence electrons. The largest absolute Gasteiger partial charge is 0.394 e. The average molecular weight is 1230 g/mol. The van der Waals surface area contributed by atoms with Gasteiger partial charge in [0.2, 0.25) is 5.91 Å². The third-order valence-electron chi connectivity index (χ3n) is 19.1. The molecular formula is C78H151NO8. The monoisotopic (exact) mass is 1230 g/mol. The van der Waals surface area contributed by atoms with Crippen LogP contribution >= 0.6 is 0 Å². The van der Waals surface area contributed by atoms with Crippen molar-refractivity contribution in [1.82, 2.24) is 5.32 Å². The summed E-state index contributed by atoms with van der Waals surface area (Å²) in [5.41, 5.74) is 0. The number of allylic oxidation sites excluding steroid dienone is 4. The normalized spacial score (nSPS) is 18.0. The van der Waals surface area contributed by atoms with Crippen LogP contribution in [-0.2, 0) is 14.3 Å². The number of rotatable bonds is 70. The van der Waals surface area contributed by atoms with Crippen molar-refractivity contribution in [3.8, 4) is 0 Å². The van der Waals surface area contributed by atoms with Gasteiger partial charge in [-0.1, -0.05) is 385 Å². The van der Waals surface area contributed by atoms with E-state index in [9.17, 15) is 30.3 Å². The summed E-state index contributed by atoms with van der Waals surface area (Å²) in [5.74, 6) is -0.134. The van der Waals surface area contributed by atoms with Gasteiger partial charge >= 0.3 is 0 Å². The Morgan fingerprint density at radius 2 is 0.678 bits per heavy atom. The highest BCUT2D eigenvalue weighted by molar-refractivity contribution is 5.76. The van der Waals surface area contributed by atoms with E-state index < -0.39 is 49.5 Å². The van der Waals surface area contributed by atoms with Crippen molar-refractivity contribution >= 4 is 5.91 Å². The predicted octanol–water partition coefficient (Wildman–Crippen LogP) is 22.0. The first-order chi connectivity index (χ1) is 42.8. The molecule has 9 nitrogen and oxygen atoms in total. The standard InChI is InChI=1S/C78H151NO8/c1-3-5-7-9-11-13-15-17-19-21-23-25-27-29-30-31-32-33-34-35-36-37-38-39-40-41-42-44-46-48-50-52-54-56-58-60-62-64-66-68-74(82)79-71(70-86-78-77(85)76(84)75(83)73(69-80)87-78)72(81)67-65-63-61-59-57-55-53-51-49-47-45-43-28-26-24-22-20-18-16-14-12-10-8-6-4-2/h15,17,21,23,71-73,75-78,80-81,83-85H,3-14,16,18-20,22,24-70H2,1-2H3,(H,79,82)/b17-15-,23-21-. The second kappa shape index (κ2) is 67.6. The highest BCUT2D eigenvalue weighted by Gasteiger charge is 2.44. The van der Waals surface area contributed by atoms with Gasteiger partial charge < -0.3 is 40.3 Å². The van der Waals surface area contributed by atoms with Crippen LogP contribution in [0.5, 0.6) is 0 Å². The molecule has 1 fully saturated rings. The molecule has 7 atom stereocenters. The maximum absolute atomic E-state index is 13.2. The summed E-state index contributed by atoms with van der Waals surface area (Å²) in [6.07, 6.45) is 82.8. The maximum Gasteiger partial charge on any atom is 0.220 e. The van der Waals surface area contributed by atoms with Crippen molar-refractivity contribution in [2.24, 2.45) is 0 Å². The first kappa shape index (κ1) is 83.7. The van der Waals surface area contributed by atoms with Gasteiger partial charge in [-0.2, -0.15) is 0 Å². The second-order valence-corrected chi connectivity index (χ2v) is 27.5. The SMILES string of the molecule is CCCCCCC/C=C\C/C=C\CCCCCCCCCCCCCCCCCCCCCCCCCCCCCC(=O)NC(COC1OC(CO)C(O)C(O)C1O)C(O)CCCCCCCCCCCCCCCCCCCCCCCCCCC. The fourth-order valence-corrected chi connectivity index (χ4v) is 13.0. The number of carbonyl (C=O) groups excluding carboxylic acids is 1. The van der Waals surface area contributed by atoms with E-state index in [4.69, 9.17) is 9.47 Å². The highest BCUT2D eigenvalue weighted by Crippen LogP contribution is 2.24. The molecule has 0 aromatic carbocycles. The quantitative estimate of drug-likeness (QED) is 0.0261. The minimum absolute atomic E-state index is 0.132. The second-order valence-electron chi connectivity index (χ2n) is 27.5. The zero-order valence-corrected chi connectivity index (χ0v) is 58.1. The van der Waals surface area contributed by atoms with Crippen molar-refractivity contribution < 1.29 is 39.8 Å². The Morgan fingerprint density at radius 3 is 0.989 bits per heavy atom. The van der Waals surface area contributed by atoms with E-state index in [1.165, 1.54) is 340 Å². The molecule has 7 unspecified atom stereocenters. The Hall–Kier alpha value is -1.33. The molecule has 9 heteroatoms. The zero-order chi connectivity index (χ0) is 62.8. The van der Waals surface area contributed by atoms with Gasteiger partial charge in [0.15, 0.2) is 6.29 Å². The Balaban J connectivity index is 2.03. The highest BCUT2D eigenvalue weighted by atomic mass is 16.7. The summed E-state index contributed by atoms with van der Waals surface area (Å²) in [4.78, 5) is 13.2. The number of unbranched alkanes of at least 4 members (excludes halogenated alkanes) is 56. The lowest BCUT2D eigenvalue weighted by atomic mass is 9.99. The Kier molecular flexibility index (Phi) is 65.0. The molecule has 87 heavy (non-hydrogen) atoms. The number of aliphatic hydroxyl groups excluding tert-OH is 5. The summed E-state index contributed by atoms with van der Waals surface area (Å²) in [6, 6.07) is -0.717. The van der Waals surface area contributed by atoms with Crippen molar-refractivity contribution in [1.29, 1.82) is 0 Å². The molecule has 0 aromatic rings. The predicted molar refractivity (Wildman–Crippen MR) is 374 cm³/mol. The third-order valence-corrected chi connectivity index (χ3v) is 19.1. The molecule has 6 N–H and O–H groups in total. The van der Waals surface area contributed by atoms with E-state index in [0.29, 0.717) is 12.8 Å². The van der Waals surface area contributed by atoms with Gasteiger partial charge in [-0.15, -0.1) is 0 Å². The third kappa shape index (κ3) is 56.0. The van der Waals surface area contributed by atoms with Crippen molar-refractivity contribution in [2.45, 2.75) is 455 Å². The lowest BCUT2D eigenvalue weighted by molar-refractivity contribution is -0.302. The van der Waals surface area contributed by atoms with Crippen LogP contribution in [0.2, 0.25) is 0 Å². The summed E-state index contributed by atoms with van der Waals surface area (Å²) in [5, 5.41) is 55.0. The van der Waals surface area contributed by atoms with E-state index in [1.807, 2.05) is 0 Å². The Bertz CT molecular complexity index is 1430. The molecule has 0 aliphatic carbocycles. The molecule has 1 aliphatic heterocycles. The Morgan fingerprint density at radius 1 is 0.391 bits per heavy atom. The number of nitrogens with one attached hydrogen (secondary N) is 1. The molecular weight excluding hydrogens is 1080 g/mol. The lowest BCUT2D eigenvalue weighted by Crippen LogP contribution is -2.60. The molecule has 0 aromatic heterocycles.